The summed E-state index contributed by atoms with van der Waals surface area (Å²) < 4.78 is 27.9. The fourth-order valence-corrected chi connectivity index (χ4v) is 4.54. The second-order valence-corrected chi connectivity index (χ2v) is 7.37. The van der Waals surface area contributed by atoms with Gasteiger partial charge in [0.05, 0.1) is 11.5 Å². The maximum Gasteiger partial charge on any atom is 0.241 e. The van der Waals surface area contributed by atoms with Crippen molar-refractivity contribution in [2.45, 2.75) is 57.1 Å². The Morgan fingerprint density at radius 1 is 1.30 bits per heavy atom. The molecule has 0 amide bonds. The van der Waals surface area contributed by atoms with Crippen LogP contribution < -0.4 is 4.72 Å². The van der Waals surface area contributed by atoms with Gasteiger partial charge < -0.3 is 5.11 Å². The Morgan fingerprint density at radius 3 is 2.65 bits per heavy atom. The van der Waals surface area contributed by atoms with E-state index in [0.717, 1.165) is 19.3 Å². The van der Waals surface area contributed by atoms with Gasteiger partial charge in [-0.05, 0) is 42.9 Å². The van der Waals surface area contributed by atoms with Crippen molar-refractivity contribution in [2.75, 3.05) is 0 Å². The van der Waals surface area contributed by atoms with Crippen LogP contribution in [-0.2, 0) is 16.6 Å². The molecule has 2 N–H and O–H groups in total. The van der Waals surface area contributed by atoms with E-state index in [1.54, 1.807) is 25.1 Å². The van der Waals surface area contributed by atoms with Crippen LogP contribution in [0.2, 0.25) is 0 Å². The molecule has 1 fully saturated rings. The van der Waals surface area contributed by atoms with E-state index >= 15 is 0 Å². The van der Waals surface area contributed by atoms with E-state index in [4.69, 9.17) is 0 Å². The van der Waals surface area contributed by atoms with Crippen molar-refractivity contribution >= 4 is 10.0 Å². The largest absolute Gasteiger partial charge is 0.392 e. The zero-order valence-corrected chi connectivity index (χ0v) is 12.9. The summed E-state index contributed by atoms with van der Waals surface area (Å²) in [6.07, 6.45) is 4.23. The lowest BCUT2D eigenvalue weighted by Gasteiger charge is -2.29. The minimum Gasteiger partial charge on any atom is -0.392 e. The molecule has 112 valence electrons. The molecule has 1 aliphatic rings. The average Bonchev–Trinajstić information content (AvgIpc) is 2.41. The van der Waals surface area contributed by atoms with E-state index in [1.807, 2.05) is 0 Å². The summed E-state index contributed by atoms with van der Waals surface area (Å²) in [7, 11) is -3.52. The SMILES string of the molecule is Cc1c(CO)cccc1S(=O)(=O)NC1CCCCC1C. The van der Waals surface area contributed by atoms with Crippen molar-refractivity contribution in [3.63, 3.8) is 0 Å². The first-order valence-corrected chi connectivity index (χ1v) is 8.65. The van der Waals surface area contributed by atoms with Gasteiger partial charge >= 0.3 is 0 Å². The molecule has 5 heteroatoms. The molecule has 0 saturated heterocycles. The third kappa shape index (κ3) is 3.22. The van der Waals surface area contributed by atoms with Gasteiger partial charge in [-0.2, -0.15) is 0 Å². The quantitative estimate of drug-likeness (QED) is 0.896. The molecule has 0 radical (unpaired) electrons. The maximum absolute atomic E-state index is 12.5. The molecule has 0 aliphatic heterocycles. The minimum atomic E-state index is -3.52. The Kier molecular flexibility index (Phi) is 4.83. The number of aliphatic hydroxyl groups excluding tert-OH is 1. The summed E-state index contributed by atoms with van der Waals surface area (Å²) >= 11 is 0. The molecule has 0 heterocycles. The van der Waals surface area contributed by atoms with Crippen LogP contribution in [0.25, 0.3) is 0 Å². The lowest BCUT2D eigenvalue weighted by atomic mass is 9.87. The van der Waals surface area contributed by atoms with Gasteiger partial charge in [-0.3, -0.25) is 0 Å². The Bertz CT molecular complexity index is 568. The topological polar surface area (TPSA) is 66.4 Å². The molecule has 0 aromatic heterocycles. The fraction of sp³-hybridized carbons (Fsp3) is 0.600. The first kappa shape index (κ1) is 15.5. The van der Waals surface area contributed by atoms with Crippen molar-refractivity contribution < 1.29 is 13.5 Å². The molecule has 4 nitrogen and oxygen atoms in total. The van der Waals surface area contributed by atoms with Gasteiger partial charge in [0.1, 0.15) is 0 Å². The number of sulfonamides is 1. The summed E-state index contributed by atoms with van der Waals surface area (Å²) in [4.78, 5) is 0.279. The van der Waals surface area contributed by atoms with Crippen LogP contribution >= 0.6 is 0 Å². The molecule has 2 rings (SSSR count). The van der Waals surface area contributed by atoms with Gasteiger partial charge in [0.15, 0.2) is 0 Å². The molecule has 0 bridgehead atoms. The predicted octanol–water partition coefficient (Wildman–Crippen LogP) is 2.34. The molecule has 2 atom stereocenters. The number of rotatable bonds is 4. The van der Waals surface area contributed by atoms with E-state index in [1.165, 1.54) is 6.42 Å². The molecule has 1 aromatic carbocycles. The van der Waals surface area contributed by atoms with Gasteiger partial charge in [-0.15, -0.1) is 0 Å². The minimum absolute atomic E-state index is 0.0194. The Morgan fingerprint density at radius 2 is 2.00 bits per heavy atom. The van der Waals surface area contributed by atoms with Crippen LogP contribution in [0.3, 0.4) is 0 Å². The number of hydrogen-bond acceptors (Lipinski definition) is 3. The smallest absolute Gasteiger partial charge is 0.241 e. The third-order valence-corrected chi connectivity index (χ3v) is 5.91. The Labute approximate surface area is 121 Å². The molecular weight excluding hydrogens is 274 g/mol. The first-order chi connectivity index (χ1) is 9.45. The van der Waals surface area contributed by atoms with Crippen LogP contribution in [0.5, 0.6) is 0 Å². The van der Waals surface area contributed by atoms with Crippen molar-refractivity contribution in [1.82, 2.24) is 4.72 Å². The van der Waals surface area contributed by atoms with Crippen molar-refractivity contribution in [3.05, 3.63) is 29.3 Å². The second-order valence-electron chi connectivity index (χ2n) is 5.69. The Balaban J connectivity index is 2.26. The molecule has 2 unspecified atom stereocenters. The average molecular weight is 297 g/mol. The van der Waals surface area contributed by atoms with E-state index < -0.39 is 10.0 Å². The van der Waals surface area contributed by atoms with Gasteiger partial charge in [0.2, 0.25) is 10.0 Å². The normalized spacial score (nSPS) is 23.8. The summed E-state index contributed by atoms with van der Waals surface area (Å²) in [6, 6.07) is 5.05. The summed E-state index contributed by atoms with van der Waals surface area (Å²) in [6.45, 7) is 3.70. The monoisotopic (exact) mass is 297 g/mol. The zero-order chi connectivity index (χ0) is 14.8. The van der Waals surface area contributed by atoms with Crippen LogP contribution in [-0.4, -0.2) is 19.6 Å². The number of benzene rings is 1. The van der Waals surface area contributed by atoms with Gasteiger partial charge in [0.25, 0.3) is 0 Å². The van der Waals surface area contributed by atoms with E-state index in [-0.39, 0.29) is 17.5 Å². The van der Waals surface area contributed by atoms with E-state index in [0.29, 0.717) is 17.0 Å². The highest BCUT2D eigenvalue weighted by molar-refractivity contribution is 7.89. The van der Waals surface area contributed by atoms with E-state index in [2.05, 4.69) is 11.6 Å². The van der Waals surface area contributed by atoms with Crippen LogP contribution in [0, 0.1) is 12.8 Å². The highest BCUT2D eigenvalue weighted by atomic mass is 32.2. The summed E-state index contributed by atoms with van der Waals surface area (Å²) in [5, 5.41) is 9.26. The van der Waals surface area contributed by atoms with Crippen molar-refractivity contribution in [3.8, 4) is 0 Å². The fourth-order valence-electron chi connectivity index (χ4n) is 2.88. The molecule has 0 spiro atoms. The van der Waals surface area contributed by atoms with Crippen LogP contribution in [0.15, 0.2) is 23.1 Å². The maximum atomic E-state index is 12.5. The van der Waals surface area contributed by atoms with Crippen molar-refractivity contribution in [2.24, 2.45) is 5.92 Å². The highest BCUT2D eigenvalue weighted by Crippen LogP contribution is 2.26. The molecule has 1 aromatic rings. The highest BCUT2D eigenvalue weighted by Gasteiger charge is 2.27. The number of aliphatic hydroxyl groups is 1. The molecule has 20 heavy (non-hydrogen) atoms. The van der Waals surface area contributed by atoms with Crippen LogP contribution in [0.1, 0.15) is 43.7 Å². The van der Waals surface area contributed by atoms with Crippen molar-refractivity contribution in [1.29, 1.82) is 0 Å². The van der Waals surface area contributed by atoms with Gasteiger partial charge in [-0.1, -0.05) is 31.9 Å². The predicted molar refractivity (Wildman–Crippen MR) is 78.8 cm³/mol. The number of nitrogens with one attached hydrogen (secondary N) is 1. The first-order valence-electron chi connectivity index (χ1n) is 7.17. The van der Waals surface area contributed by atoms with Crippen LogP contribution in [0.4, 0.5) is 0 Å². The lowest BCUT2D eigenvalue weighted by molar-refractivity contribution is 0.280. The summed E-state index contributed by atoms with van der Waals surface area (Å²) in [5.41, 5.74) is 1.29. The number of hydrogen-bond donors (Lipinski definition) is 2. The molecule has 1 saturated carbocycles. The summed E-state index contributed by atoms with van der Waals surface area (Å²) in [5.74, 6) is 0.375. The lowest BCUT2D eigenvalue weighted by Crippen LogP contribution is -2.41. The second kappa shape index (κ2) is 6.24. The molecule has 1 aliphatic carbocycles. The third-order valence-electron chi connectivity index (χ3n) is 4.27. The van der Waals surface area contributed by atoms with E-state index in [9.17, 15) is 13.5 Å². The Hall–Kier alpha value is -0.910. The molecular formula is C15H23NO3S. The standard InChI is InChI=1S/C15H23NO3S/c1-11-6-3-4-8-14(11)16-20(18,19)15-9-5-7-13(10-17)12(15)2/h5,7,9,11,14,16-17H,3-4,6,8,10H2,1-2H3. The van der Waals surface area contributed by atoms with Gasteiger partial charge in [0, 0.05) is 6.04 Å². The zero-order valence-electron chi connectivity index (χ0n) is 12.1. The van der Waals surface area contributed by atoms with Gasteiger partial charge in [-0.25, -0.2) is 13.1 Å².